The van der Waals surface area contributed by atoms with E-state index in [-0.39, 0.29) is 15.7 Å². The van der Waals surface area contributed by atoms with Gasteiger partial charge in [-0.15, -0.1) is 0 Å². The zero-order chi connectivity index (χ0) is 20.2. The van der Waals surface area contributed by atoms with Gasteiger partial charge in [0.05, 0.1) is 4.90 Å². The first-order valence-electron chi connectivity index (χ1n) is 9.55. The Balaban J connectivity index is 2.61. The number of aromatic nitrogens is 1. The molecule has 0 saturated carbocycles. The molecule has 0 spiro atoms. The van der Waals surface area contributed by atoms with Crippen molar-refractivity contribution >= 4 is 21.6 Å². The minimum absolute atomic E-state index is 0.146. The fourth-order valence-electron chi connectivity index (χ4n) is 3.16. The summed E-state index contributed by atoms with van der Waals surface area (Å²) in [5, 5.41) is 2.89. The van der Waals surface area contributed by atoms with E-state index in [0.29, 0.717) is 24.3 Å². The van der Waals surface area contributed by atoms with E-state index in [1.807, 2.05) is 39.2 Å². The monoisotopic (exact) mass is 390 g/mol. The summed E-state index contributed by atoms with van der Waals surface area (Å²) in [6.45, 7) is 10.3. The van der Waals surface area contributed by atoms with Gasteiger partial charge in [0.2, 0.25) is 15.7 Å². The van der Waals surface area contributed by atoms with Gasteiger partial charge in [-0.25, -0.2) is 8.42 Å². The zero-order valence-corrected chi connectivity index (χ0v) is 17.7. The summed E-state index contributed by atoms with van der Waals surface area (Å²) in [7, 11) is -3.74. The molecule has 5 nitrogen and oxygen atoms in total. The number of unbranched alkanes of at least 4 members (excludes halogenated alkanes) is 1. The van der Waals surface area contributed by atoms with Crippen molar-refractivity contribution in [2.24, 2.45) is 0 Å². The quantitative estimate of drug-likeness (QED) is 0.705. The van der Waals surface area contributed by atoms with Gasteiger partial charge < -0.3 is 9.88 Å². The smallest absolute Gasteiger partial charge is 0.225 e. The van der Waals surface area contributed by atoms with Gasteiger partial charge in [0.25, 0.3) is 0 Å². The maximum Gasteiger partial charge on any atom is 0.225 e. The van der Waals surface area contributed by atoms with E-state index in [1.165, 1.54) is 0 Å². The number of hydrogen-bond acceptors (Lipinski definition) is 3. The maximum atomic E-state index is 13.4. The van der Waals surface area contributed by atoms with E-state index in [0.717, 1.165) is 30.5 Å². The number of anilines is 1. The van der Waals surface area contributed by atoms with Crippen LogP contribution in [0.4, 0.5) is 5.82 Å². The summed E-state index contributed by atoms with van der Waals surface area (Å²) >= 11 is 0. The summed E-state index contributed by atoms with van der Waals surface area (Å²) in [6.07, 6.45) is 2.92. The predicted octanol–water partition coefficient (Wildman–Crippen LogP) is 4.78. The number of nitrogens with zero attached hydrogens (tertiary/aromatic N) is 1. The van der Waals surface area contributed by atoms with Crippen molar-refractivity contribution in [1.82, 2.24) is 4.57 Å². The molecule has 2 aromatic rings. The van der Waals surface area contributed by atoms with Gasteiger partial charge in [-0.3, -0.25) is 4.79 Å². The molecule has 148 valence electrons. The Morgan fingerprint density at radius 2 is 1.67 bits per heavy atom. The molecule has 2 rings (SSSR count). The molecule has 0 unspecified atom stereocenters. The molecule has 1 aromatic heterocycles. The van der Waals surface area contributed by atoms with Gasteiger partial charge in [0.1, 0.15) is 10.7 Å². The lowest BCUT2D eigenvalue weighted by atomic mass is 10.2. The van der Waals surface area contributed by atoms with Crippen molar-refractivity contribution in [3.63, 3.8) is 0 Å². The Morgan fingerprint density at radius 3 is 2.22 bits per heavy atom. The molecule has 0 radical (unpaired) electrons. The number of carbonyl (C=O) groups is 1. The van der Waals surface area contributed by atoms with Crippen LogP contribution in [0.15, 0.2) is 34.1 Å². The van der Waals surface area contributed by atoms with Gasteiger partial charge in [-0.2, -0.15) is 0 Å². The second kappa shape index (κ2) is 8.74. The molecule has 0 fully saturated rings. The molecular formula is C21H30N2O3S. The van der Waals surface area contributed by atoms with E-state index in [1.54, 1.807) is 24.3 Å². The van der Waals surface area contributed by atoms with Crippen LogP contribution in [0.2, 0.25) is 0 Å². The minimum Gasteiger partial charge on any atom is -0.331 e. The van der Waals surface area contributed by atoms with Crippen molar-refractivity contribution in [1.29, 1.82) is 0 Å². The first-order valence-corrected chi connectivity index (χ1v) is 11.0. The van der Waals surface area contributed by atoms with Gasteiger partial charge in [-0.1, -0.05) is 38.0 Å². The van der Waals surface area contributed by atoms with E-state index in [4.69, 9.17) is 0 Å². The average Bonchev–Trinajstić information content (AvgIpc) is 2.85. The lowest BCUT2D eigenvalue weighted by Gasteiger charge is -2.14. The third kappa shape index (κ3) is 4.43. The number of amides is 1. The van der Waals surface area contributed by atoms with E-state index in [2.05, 4.69) is 5.32 Å². The standard InChI is InChI=1S/C21H30N2O3S/c1-6-8-9-19(24)22-21-20(16(4)17(5)23(21)14-7-2)27(25,26)18-12-10-15(3)11-13-18/h10-13H,6-9,14H2,1-5H3,(H,22,24). The topological polar surface area (TPSA) is 68.2 Å². The largest absolute Gasteiger partial charge is 0.331 e. The molecule has 1 aromatic carbocycles. The number of carbonyl (C=O) groups excluding carboxylic acids is 1. The number of aryl methyl sites for hydroxylation is 1. The Bertz CT molecular complexity index is 910. The third-order valence-electron chi connectivity index (χ3n) is 4.84. The van der Waals surface area contributed by atoms with Crippen LogP contribution < -0.4 is 5.32 Å². The molecule has 0 atom stereocenters. The first-order chi connectivity index (χ1) is 12.7. The molecular weight excluding hydrogens is 360 g/mol. The maximum absolute atomic E-state index is 13.4. The molecule has 1 heterocycles. The molecule has 0 aliphatic rings. The lowest BCUT2D eigenvalue weighted by Crippen LogP contribution is -2.17. The summed E-state index contributed by atoms with van der Waals surface area (Å²) in [4.78, 5) is 12.8. The molecule has 0 aliphatic heterocycles. The Labute approximate surface area is 162 Å². The van der Waals surface area contributed by atoms with Gasteiger partial charge in [0, 0.05) is 18.7 Å². The van der Waals surface area contributed by atoms with Crippen LogP contribution in [-0.4, -0.2) is 18.9 Å². The Morgan fingerprint density at radius 1 is 1.04 bits per heavy atom. The van der Waals surface area contributed by atoms with Gasteiger partial charge in [0.15, 0.2) is 0 Å². The fraction of sp³-hybridized carbons (Fsp3) is 0.476. The zero-order valence-electron chi connectivity index (χ0n) is 16.9. The second-order valence-corrected chi connectivity index (χ2v) is 8.89. The molecule has 1 amide bonds. The van der Waals surface area contributed by atoms with Crippen molar-refractivity contribution in [2.45, 2.75) is 76.6 Å². The number of hydrogen-bond donors (Lipinski definition) is 1. The Hall–Kier alpha value is -2.08. The molecule has 1 N–H and O–H groups in total. The average molecular weight is 391 g/mol. The molecule has 0 aliphatic carbocycles. The van der Waals surface area contributed by atoms with Crippen LogP contribution in [0.1, 0.15) is 56.4 Å². The number of rotatable bonds is 8. The van der Waals surface area contributed by atoms with Crippen LogP contribution >= 0.6 is 0 Å². The van der Waals surface area contributed by atoms with Crippen LogP contribution in [0.5, 0.6) is 0 Å². The Kier molecular flexibility index (Phi) is 6.87. The van der Waals surface area contributed by atoms with Crippen LogP contribution in [0.3, 0.4) is 0 Å². The van der Waals surface area contributed by atoms with E-state index in [9.17, 15) is 13.2 Å². The summed E-state index contributed by atoms with van der Waals surface area (Å²) < 4.78 is 28.7. The summed E-state index contributed by atoms with van der Waals surface area (Å²) in [6, 6.07) is 6.83. The number of benzene rings is 1. The van der Waals surface area contributed by atoms with Crippen molar-refractivity contribution in [3.05, 3.63) is 41.1 Å². The fourth-order valence-corrected chi connectivity index (χ4v) is 4.85. The molecule has 27 heavy (non-hydrogen) atoms. The lowest BCUT2D eigenvalue weighted by molar-refractivity contribution is -0.116. The van der Waals surface area contributed by atoms with Crippen molar-refractivity contribution < 1.29 is 13.2 Å². The van der Waals surface area contributed by atoms with Crippen LogP contribution in [-0.2, 0) is 21.2 Å². The minimum atomic E-state index is -3.74. The molecule has 6 heteroatoms. The highest BCUT2D eigenvalue weighted by Gasteiger charge is 2.30. The number of nitrogens with one attached hydrogen (secondary N) is 1. The van der Waals surface area contributed by atoms with E-state index >= 15 is 0 Å². The van der Waals surface area contributed by atoms with Crippen molar-refractivity contribution in [2.75, 3.05) is 5.32 Å². The normalized spacial score (nSPS) is 11.6. The van der Waals surface area contributed by atoms with Gasteiger partial charge >= 0.3 is 0 Å². The SMILES string of the molecule is CCCCC(=O)Nc1c(S(=O)(=O)c2ccc(C)cc2)c(C)c(C)n1CCC. The third-order valence-corrected chi connectivity index (χ3v) is 6.77. The highest BCUT2D eigenvalue weighted by molar-refractivity contribution is 7.91. The van der Waals surface area contributed by atoms with Gasteiger partial charge in [-0.05, 0) is 51.3 Å². The summed E-state index contributed by atoms with van der Waals surface area (Å²) in [5.41, 5.74) is 2.56. The molecule has 0 bridgehead atoms. The predicted molar refractivity (Wildman–Crippen MR) is 109 cm³/mol. The summed E-state index contributed by atoms with van der Waals surface area (Å²) in [5.74, 6) is 0.251. The van der Waals surface area contributed by atoms with Crippen molar-refractivity contribution in [3.8, 4) is 0 Å². The highest BCUT2D eigenvalue weighted by atomic mass is 32.2. The first kappa shape index (κ1) is 21.2. The van der Waals surface area contributed by atoms with Crippen LogP contribution in [0, 0.1) is 20.8 Å². The highest BCUT2D eigenvalue weighted by Crippen LogP contribution is 2.35. The van der Waals surface area contributed by atoms with Crippen LogP contribution in [0.25, 0.3) is 0 Å². The van der Waals surface area contributed by atoms with E-state index < -0.39 is 9.84 Å². The molecule has 0 saturated heterocycles. The second-order valence-electron chi connectivity index (χ2n) is 7.01. The number of sulfone groups is 1.